The second-order valence-electron chi connectivity index (χ2n) is 9.45. The molecule has 0 bridgehead atoms. The zero-order valence-electron chi connectivity index (χ0n) is 20.5. The number of rotatable bonds is 3. The third-order valence-electron chi connectivity index (χ3n) is 7.09. The first-order valence-corrected chi connectivity index (χ1v) is 12.4. The second-order valence-corrected chi connectivity index (χ2v) is 9.45. The molecule has 3 aromatic rings. The van der Waals surface area contributed by atoms with Crippen LogP contribution < -0.4 is 5.32 Å². The maximum Gasteiger partial charge on any atom is 0.322 e. The van der Waals surface area contributed by atoms with Crippen LogP contribution in [0, 0.1) is 18.8 Å². The Morgan fingerprint density at radius 1 is 0.917 bits per heavy atom. The van der Waals surface area contributed by atoms with E-state index in [1.54, 1.807) is 0 Å². The smallest absolute Gasteiger partial charge is 0.322 e. The van der Waals surface area contributed by atoms with E-state index in [-0.39, 0.29) is 30.6 Å². The van der Waals surface area contributed by atoms with Gasteiger partial charge >= 0.3 is 6.03 Å². The molecule has 0 aliphatic carbocycles. The van der Waals surface area contributed by atoms with Crippen LogP contribution >= 0.6 is 0 Å². The molecule has 0 radical (unpaired) electrons. The molecule has 0 saturated carbocycles. The van der Waals surface area contributed by atoms with E-state index in [0.29, 0.717) is 13.1 Å². The highest BCUT2D eigenvalue weighted by molar-refractivity contribution is 5.89. The van der Waals surface area contributed by atoms with E-state index >= 15 is 0 Å². The van der Waals surface area contributed by atoms with E-state index in [1.165, 1.54) is 5.56 Å². The van der Waals surface area contributed by atoms with Gasteiger partial charge in [0.25, 0.3) is 0 Å². The van der Waals surface area contributed by atoms with Gasteiger partial charge in [0.2, 0.25) is 0 Å². The molecule has 2 N–H and O–H groups in total. The quantitative estimate of drug-likeness (QED) is 0.427. The number of anilines is 1. The SMILES string of the molecule is Cc1ccc(NC(=O)N2C/C=C\CN3[C@H](CO)[C@H](c4ccc(C#Cc5ccccc5)cc4)[C@@H]3C2)cc1. The summed E-state index contributed by atoms with van der Waals surface area (Å²) >= 11 is 0. The summed E-state index contributed by atoms with van der Waals surface area (Å²) in [6.45, 7) is 4.05. The Hall–Kier alpha value is -3.85. The molecule has 0 aromatic heterocycles. The van der Waals surface area contributed by atoms with E-state index in [0.717, 1.165) is 28.9 Å². The number of aryl methyl sites for hydroxylation is 1. The minimum absolute atomic E-state index is 0.0287. The number of carbonyl (C=O) groups excluding carboxylic acids is 1. The molecule has 2 amide bonds. The fourth-order valence-electron chi connectivity index (χ4n) is 5.12. The number of nitrogens with one attached hydrogen (secondary N) is 1. The molecule has 5 nitrogen and oxygen atoms in total. The second kappa shape index (κ2) is 10.8. The van der Waals surface area contributed by atoms with Crippen molar-refractivity contribution in [3.05, 3.63) is 113 Å². The largest absolute Gasteiger partial charge is 0.395 e. The number of nitrogens with zero attached hydrogens (tertiary/aromatic N) is 2. The highest BCUT2D eigenvalue weighted by Gasteiger charge is 2.49. The Balaban J connectivity index is 1.32. The molecule has 1 fully saturated rings. The van der Waals surface area contributed by atoms with Crippen LogP contribution in [-0.4, -0.2) is 59.3 Å². The maximum atomic E-state index is 13.1. The summed E-state index contributed by atoms with van der Waals surface area (Å²) in [7, 11) is 0. The van der Waals surface area contributed by atoms with Crippen molar-refractivity contribution in [2.75, 3.05) is 31.6 Å². The van der Waals surface area contributed by atoms with Crippen LogP contribution in [0.25, 0.3) is 0 Å². The lowest BCUT2D eigenvalue weighted by Crippen LogP contribution is -2.67. The first kappa shape index (κ1) is 23.9. The van der Waals surface area contributed by atoms with Gasteiger partial charge in [0.1, 0.15) is 0 Å². The van der Waals surface area contributed by atoms with Gasteiger partial charge in [0, 0.05) is 54.5 Å². The number of urea groups is 1. The van der Waals surface area contributed by atoms with Gasteiger partial charge in [-0.05, 0) is 48.9 Å². The molecule has 1 saturated heterocycles. The lowest BCUT2D eigenvalue weighted by Gasteiger charge is -2.56. The van der Waals surface area contributed by atoms with Gasteiger partial charge in [-0.1, -0.05) is 72.0 Å². The standard InChI is InChI=1S/C31H31N3O2/c1-23-9-17-27(18-10-23)32-31(36)33-19-5-6-20-34-28(21-33)30(29(34)22-35)26-15-13-25(14-16-26)12-11-24-7-3-2-4-8-24/h2-10,13-18,28-30,35H,19-22H2,1H3,(H,32,36)/b6-5-/t28-,29+,30+/m0/s1. The van der Waals surface area contributed by atoms with E-state index in [2.05, 4.69) is 40.3 Å². The number of amides is 2. The first-order chi connectivity index (χ1) is 17.6. The summed E-state index contributed by atoms with van der Waals surface area (Å²) in [4.78, 5) is 17.3. The van der Waals surface area contributed by atoms with Crippen molar-refractivity contribution in [2.45, 2.75) is 24.9 Å². The Morgan fingerprint density at radius 3 is 2.28 bits per heavy atom. The van der Waals surface area contributed by atoms with Gasteiger partial charge < -0.3 is 15.3 Å². The molecule has 182 valence electrons. The van der Waals surface area contributed by atoms with Crippen LogP contribution in [-0.2, 0) is 0 Å². The topological polar surface area (TPSA) is 55.8 Å². The number of aliphatic hydroxyl groups is 1. The molecule has 0 spiro atoms. The minimum Gasteiger partial charge on any atom is -0.395 e. The zero-order valence-corrected chi connectivity index (χ0v) is 20.5. The zero-order chi connectivity index (χ0) is 24.9. The molecule has 2 aliphatic rings. The van der Waals surface area contributed by atoms with Crippen LogP contribution in [0.1, 0.15) is 28.2 Å². The molecule has 3 aromatic carbocycles. The van der Waals surface area contributed by atoms with Crippen molar-refractivity contribution in [3.8, 4) is 11.8 Å². The highest BCUT2D eigenvalue weighted by Crippen LogP contribution is 2.41. The van der Waals surface area contributed by atoms with Gasteiger partial charge in [-0.25, -0.2) is 4.79 Å². The van der Waals surface area contributed by atoms with Crippen LogP contribution in [0.3, 0.4) is 0 Å². The average Bonchev–Trinajstić information content (AvgIpc) is 2.89. The number of aliphatic hydroxyl groups excluding tert-OH is 1. The normalized spacial score (nSPS) is 22.2. The third-order valence-corrected chi connectivity index (χ3v) is 7.09. The van der Waals surface area contributed by atoms with Crippen molar-refractivity contribution in [3.63, 3.8) is 0 Å². The van der Waals surface area contributed by atoms with Gasteiger partial charge in [-0.15, -0.1) is 0 Å². The number of fused-ring (bicyclic) bond motifs is 1. The molecule has 36 heavy (non-hydrogen) atoms. The van der Waals surface area contributed by atoms with E-state index in [1.807, 2.05) is 84.6 Å². The molecule has 5 heteroatoms. The summed E-state index contributed by atoms with van der Waals surface area (Å²) in [5.41, 5.74) is 5.06. The maximum absolute atomic E-state index is 13.1. The highest BCUT2D eigenvalue weighted by atomic mass is 16.3. The third kappa shape index (κ3) is 5.21. The Labute approximate surface area is 213 Å². The van der Waals surface area contributed by atoms with Crippen molar-refractivity contribution in [2.24, 2.45) is 0 Å². The van der Waals surface area contributed by atoms with Crippen LogP contribution in [0.15, 0.2) is 91.0 Å². The fourth-order valence-corrected chi connectivity index (χ4v) is 5.12. The lowest BCUT2D eigenvalue weighted by molar-refractivity contribution is -0.0443. The molecular formula is C31H31N3O2. The van der Waals surface area contributed by atoms with Gasteiger partial charge in [-0.3, -0.25) is 4.90 Å². The molecular weight excluding hydrogens is 446 g/mol. The molecule has 2 aliphatic heterocycles. The van der Waals surface area contributed by atoms with Crippen molar-refractivity contribution in [1.82, 2.24) is 9.80 Å². The molecule has 3 atom stereocenters. The van der Waals surface area contributed by atoms with Gasteiger partial charge in [0.15, 0.2) is 0 Å². The Morgan fingerprint density at radius 2 is 1.58 bits per heavy atom. The van der Waals surface area contributed by atoms with Gasteiger partial charge in [0.05, 0.1) is 6.61 Å². The van der Waals surface area contributed by atoms with Crippen LogP contribution in [0.5, 0.6) is 0 Å². The Bertz CT molecular complexity index is 1270. The molecule has 0 unspecified atom stereocenters. The van der Waals surface area contributed by atoms with Crippen molar-refractivity contribution < 1.29 is 9.90 Å². The summed E-state index contributed by atoms with van der Waals surface area (Å²) < 4.78 is 0. The lowest BCUT2D eigenvalue weighted by atomic mass is 9.74. The van der Waals surface area contributed by atoms with Crippen molar-refractivity contribution in [1.29, 1.82) is 0 Å². The van der Waals surface area contributed by atoms with Crippen LogP contribution in [0.4, 0.5) is 10.5 Å². The number of hydrogen-bond donors (Lipinski definition) is 2. The summed E-state index contributed by atoms with van der Waals surface area (Å²) in [6, 6.07) is 26.2. The fraction of sp³-hybridized carbons (Fsp3) is 0.258. The first-order valence-electron chi connectivity index (χ1n) is 12.4. The number of benzene rings is 3. The van der Waals surface area contributed by atoms with Gasteiger partial charge in [-0.2, -0.15) is 0 Å². The molecule has 2 heterocycles. The van der Waals surface area contributed by atoms with Crippen molar-refractivity contribution >= 4 is 11.7 Å². The molecule has 5 rings (SSSR count). The number of carbonyl (C=O) groups is 1. The average molecular weight is 478 g/mol. The van der Waals surface area contributed by atoms with E-state index < -0.39 is 0 Å². The summed E-state index contributed by atoms with van der Waals surface area (Å²) in [5.74, 6) is 6.58. The van der Waals surface area contributed by atoms with E-state index in [9.17, 15) is 9.90 Å². The van der Waals surface area contributed by atoms with E-state index in [4.69, 9.17) is 0 Å². The minimum atomic E-state index is -0.108. The summed E-state index contributed by atoms with van der Waals surface area (Å²) in [5, 5.41) is 13.2. The summed E-state index contributed by atoms with van der Waals surface area (Å²) in [6.07, 6.45) is 4.13. The monoisotopic (exact) mass is 477 g/mol. The predicted octanol–water partition coefficient (Wildman–Crippen LogP) is 4.63. The van der Waals surface area contributed by atoms with Crippen LogP contribution in [0.2, 0.25) is 0 Å². The predicted molar refractivity (Wildman–Crippen MR) is 144 cm³/mol. The number of hydrogen-bond acceptors (Lipinski definition) is 3. The Kier molecular flexibility index (Phi) is 7.18.